The lowest BCUT2D eigenvalue weighted by Crippen LogP contribution is -2.26. The van der Waals surface area contributed by atoms with Crippen molar-refractivity contribution in [3.8, 4) is 0 Å². The zero-order chi connectivity index (χ0) is 10.8. The molecule has 4 nitrogen and oxygen atoms in total. The molecule has 0 spiro atoms. The Balaban J connectivity index is 2.36. The molecule has 1 aliphatic rings. The van der Waals surface area contributed by atoms with Crippen molar-refractivity contribution in [2.45, 2.75) is 31.6 Å². The zero-order valence-corrected chi connectivity index (χ0v) is 9.56. The van der Waals surface area contributed by atoms with Gasteiger partial charge in [0.25, 0.3) is 5.56 Å². The van der Waals surface area contributed by atoms with Gasteiger partial charge in [0, 0.05) is 23.8 Å². The first kappa shape index (κ1) is 10.7. The van der Waals surface area contributed by atoms with E-state index in [2.05, 4.69) is 9.97 Å². The third-order valence-electron chi connectivity index (χ3n) is 2.40. The summed E-state index contributed by atoms with van der Waals surface area (Å²) in [5.41, 5.74) is 7.52. The Morgan fingerprint density at radius 2 is 2.47 bits per heavy atom. The molecule has 0 bridgehead atoms. The number of nitrogens with one attached hydrogen (secondary N) is 1. The molecule has 1 aromatic rings. The lowest BCUT2D eigenvalue weighted by atomic mass is 10.1. The first-order valence-corrected chi connectivity index (χ1v) is 6.26. The summed E-state index contributed by atoms with van der Waals surface area (Å²) in [7, 11) is 0. The second-order valence-corrected chi connectivity index (χ2v) is 5.03. The van der Waals surface area contributed by atoms with Gasteiger partial charge in [0.05, 0.1) is 5.69 Å². The molecule has 0 saturated carbocycles. The maximum Gasteiger partial charge on any atom is 0.254 e. The van der Waals surface area contributed by atoms with E-state index in [1.807, 2.05) is 18.7 Å². The Kier molecular flexibility index (Phi) is 3.11. The number of nitrogens with two attached hydrogens (primary N) is 1. The Morgan fingerprint density at radius 3 is 3.20 bits per heavy atom. The molecule has 0 aliphatic carbocycles. The van der Waals surface area contributed by atoms with Gasteiger partial charge in [-0.05, 0) is 19.1 Å². The molecular weight excluding hydrogens is 210 g/mol. The van der Waals surface area contributed by atoms with E-state index in [4.69, 9.17) is 5.73 Å². The molecule has 1 aromatic heterocycles. The van der Waals surface area contributed by atoms with E-state index in [1.165, 1.54) is 0 Å². The molecule has 15 heavy (non-hydrogen) atoms. The molecule has 0 radical (unpaired) electrons. The average molecular weight is 225 g/mol. The minimum Gasteiger partial charge on any atom is -0.328 e. The molecule has 1 atom stereocenters. The average Bonchev–Trinajstić information content (AvgIpc) is 2.16. The van der Waals surface area contributed by atoms with Gasteiger partial charge in [-0.3, -0.25) is 4.79 Å². The van der Waals surface area contributed by atoms with Crippen LogP contribution in [0.5, 0.6) is 0 Å². The Hall–Kier alpha value is -0.810. The lowest BCUT2D eigenvalue weighted by Gasteiger charge is -2.14. The number of rotatable bonds is 2. The van der Waals surface area contributed by atoms with Crippen LogP contribution in [-0.2, 0) is 18.6 Å². The molecule has 0 saturated heterocycles. The Labute approximate surface area is 92.7 Å². The molecule has 2 heterocycles. The lowest BCUT2D eigenvalue weighted by molar-refractivity contribution is 0.690. The highest BCUT2D eigenvalue weighted by Gasteiger charge is 2.15. The standard InChI is InChI=1S/C10H15N3OS/c1-6(11)4-9-12-8-5-15-3-2-7(8)10(14)13-9/h6H,2-5,11H2,1H3,(H,12,13,14). The van der Waals surface area contributed by atoms with Gasteiger partial charge < -0.3 is 10.7 Å². The molecular formula is C10H15N3OS. The quantitative estimate of drug-likeness (QED) is 0.766. The molecule has 2 rings (SSSR count). The first-order chi connectivity index (χ1) is 7.16. The topological polar surface area (TPSA) is 71.8 Å². The highest BCUT2D eigenvalue weighted by molar-refractivity contribution is 7.98. The maximum absolute atomic E-state index is 11.7. The van der Waals surface area contributed by atoms with Crippen molar-refractivity contribution in [2.24, 2.45) is 5.73 Å². The fraction of sp³-hybridized carbons (Fsp3) is 0.600. The van der Waals surface area contributed by atoms with E-state index in [0.29, 0.717) is 6.42 Å². The summed E-state index contributed by atoms with van der Waals surface area (Å²) >= 11 is 1.83. The summed E-state index contributed by atoms with van der Waals surface area (Å²) in [6.07, 6.45) is 1.47. The molecule has 0 amide bonds. The number of H-pyrrole nitrogens is 1. The van der Waals surface area contributed by atoms with Crippen LogP contribution in [0.25, 0.3) is 0 Å². The Bertz CT molecular complexity index is 414. The van der Waals surface area contributed by atoms with Crippen molar-refractivity contribution in [3.05, 3.63) is 27.4 Å². The van der Waals surface area contributed by atoms with Gasteiger partial charge in [0.15, 0.2) is 0 Å². The Morgan fingerprint density at radius 1 is 1.67 bits per heavy atom. The SMILES string of the molecule is CC(N)Cc1nc2c(c(=O)[nH]1)CCSC2. The van der Waals surface area contributed by atoms with Crippen LogP contribution in [0.1, 0.15) is 24.0 Å². The van der Waals surface area contributed by atoms with Gasteiger partial charge in [-0.1, -0.05) is 0 Å². The maximum atomic E-state index is 11.7. The molecule has 82 valence electrons. The highest BCUT2D eigenvalue weighted by Crippen LogP contribution is 2.19. The normalized spacial score (nSPS) is 17.2. The number of hydrogen-bond donors (Lipinski definition) is 2. The number of hydrogen-bond acceptors (Lipinski definition) is 4. The number of thioether (sulfide) groups is 1. The zero-order valence-electron chi connectivity index (χ0n) is 8.75. The van der Waals surface area contributed by atoms with Gasteiger partial charge in [-0.25, -0.2) is 4.98 Å². The number of aromatic nitrogens is 2. The van der Waals surface area contributed by atoms with Gasteiger partial charge >= 0.3 is 0 Å². The third-order valence-corrected chi connectivity index (χ3v) is 3.37. The molecule has 1 aliphatic heterocycles. The van der Waals surface area contributed by atoms with E-state index >= 15 is 0 Å². The van der Waals surface area contributed by atoms with E-state index in [0.717, 1.165) is 35.0 Å². The van der Waals surface area contributed by atoms with Crippen LogP contribution in [0.3, 0.4) is 0 Å². The minimum atomic E-state index is 0.0240. The summed E-state index contributed by atoms with van der Waals surface area (Å²) in [6.45, 7) is 1.91. The second-order valence-electron chi connectivity index (χ2n) is 3.92. The van der Waals surface area contributed by atoms with Crippen LogP contribution in [-0.4, -0.2) is 21.8 Å². The summed E-state index contributed by atoms with van der Waals surface area (Å²) in [5, 5.41) is 0. The van der Waals surface area contributed by atoms with Crippen molar-refractivity contribution in [3.63, 3.8) is 0 Å². The van der Waals surface area contributed by atoms with E-state index in [9.17, 15) is 4.79 Å². The fourth-order valence-electron chi connectivity index (χ4n) is 1.72. The number of aromatic amines is 1. The summed E-state index contributed by atoms with van der Waals surface area (Å²) in [5.74, 6) is 2.59. The van der Waals surface area contributed by atoms with Gasteiger partial charge in [0.1, 0.15) is 5.82 Å². The van der Waals surface area contributed by atoms with Crippen LogP contribution in [0.2, 0.25) is 0 Å². The molecule has 0 aromatic carbocycles. The molecule has 0 fully saturated rings. The first-order valence-electron chi connectivity index (χ1n) is 5.11. The van der Waals surface area contributed by atoms with Crippen molar-refractivity contribution >= 4 is 11.8 Å². The van der Waals surface area contributed by atoms with Crippen LogP contribution >= 0.6 is 11.8 Å². The van der Waals surface area contributed by atoms with Gasteiger partial charge in [-0.2, -0.15) is 11.8 Å². The van der Waals surface area contributed by atoms with E-state index < -0.39 is 0 Å². The van der Waals surface area contributed by atoms with Crippen LogP contribution in [0.4, 0.5) is 0 Å². The molecule has 5 heteroatoms. The third kappa shape index (κ3) is 2.41. The summed E-state index contributed by atoms with van der Waals surface area (Å²) in [4.78, 5) is 19.0. The van der Waals surface area contributed by atoms with Crippen LogP contribution < -0.4 is 11.3 Å². The summed E-state index contributed by atoms with van der Waals surface area (Å²) < 4.78 is 0. The van der Waals surface area contributed by atoms with Crippen molar-refractivity contribution in [2.75, 3.05) is 5.75 Å². The largest absolute Gasteiger partial charge is 0.328 e. The number of nitrogens with zero attached hydrogens (tertiary/aromatic N) is 1. The van der Waals surface area contributed by atoms with Crippen molar-refractivity contribution in [1.82, 2.24) is 9.97 Å². The molecule has 3 N–H and O–H groups in total. The predicted molar refractivity (Wildman–Crippen MR) is 62.1 cm³/mol. The minimum absolute atomic E-state index is 0.0240. The van der Waals surface area contributed by atoms with Crippen LogP contribution in [0.15, 0.2) is 4.79 Å². The second kappa shape index (κ2) is 4.37. The smallest absolute Gasteiger partial charge is 0.254 e. The van der Waals surface area contributed by atoms with Crippen molar-refractivity contribution < 1.29 is 0 Å². The number of fused-ring (bicyclic) bond motifs is 1. The predicted octanol–water partition coefficient (Wildman–Crippen LogP) is 0.449. The van der Waals surface area contributed by atoms with Gasteiger partial charge in [0.2, 0.25) is 0 Å². The van der Waals surface area contributed by atoms with E-state index in [-0.39, 0.29) is 11.6 Å². The molecule has 1 unspecified atom stereocenters. The fourth-order valence-corrected chi connectivity index (χ4v) is 2.64. The van der Waals surface area contributed by atoms with Crippen molar-refractivity contribution in [1.29, 1.82) is 0 Å². The van der Waals surface area contributed by atoms with Crippen LogP contribution in [0, 0.1) is 0 Å². The van der Waals surface area contributed by atoms with E-state index in [1.54, 1.807) is 0 Å². The monoisotopic (exact) mass is 225 g/mol. The highest BCUT2D eigenvalue weighted by atomic mass is 32.2. The van der Waals surface area contributed by atoms with Gasteiger partial charge in [-0.15, -0.1) is 0 Å². The summed E-state index contributed by atoms with van der Waals surface area (Å²) in [6, 6.07) is 0.0300.